The van der Waals surface area contributed by atoms with Gasteiger partial charge in [-0.05, 0) is 17.7 Å². The number of hydrogen-bond donors (Lipinski definition) is 1. The SMILES string of the molecule is Cn1c(=O)c(C(=O)CSc2ccccn2)c(N)n(Cc2ccccc2)c1=O. The molecule has 0 fully saturated rings. The lowest BCUT2D eigenvalue weighted by atomic mass is 10.2. The van der Waals surface area contributed by atoms with Gasteiger partial charge in [-0.25, -0.2) is 9.78 Å². The van der Waals surface area contributed by atoms with Gasteiger partial charge in [0.1, 0.15) is 11.4 Å². The Labute approximate surface area is 159 Å². The minimum absolute atomic E-state index is 0.00000583. The van der Waals surface area contributed by atoms with E-state index in [9.17, 15) is 14.4 Å². The third-order valence-electron chi connectivity index (χ3n) is 4.03. The van der Waals surface area contributed by atoms with Crippen molar-refractivity contribution in [3.8, 4) is 0 Å². The Morgan fingerprint density at radius 2 is 1.81 bits per heavy atom. The number of nitrogens with zero attached hydrogens (tertiary/aromatic N) is 3. The summed E-state index contributed by atoms with van der Waals surface area (Å²) < 4.78 is 2.16. The van der Waals surface area contributed by atoms with E-state index in [1.54, 1.807) is 18.3 Å². The zero-order chi connectivity index (χ0) is 19.4. The monoisotopic (exact) mass is 382 g/mol. The third kappa shape index (κ3) is 4.01. The van der Waals surface area contributed by atoms with Gasteiger partial charge in [-0.1, -0.05) is 48.2 Å². The maximum absolute atomic E-state index is 12.7. The van der Waals surface area contributed by atoms with Crippen LogP contribution in [0.2, 0.25) is 0 Å². The van der Waals surface area contributed by atoms with Crippen molar-refractivity contribution < 1.29 is 4.79 Å². The van der Waals surface area contributed by atoms with E-state index in [1.165, 1.54) is 23.4 Å². The molecule has 2 heterocycles. The molecule has 0 unspecified atom stereocenters. The van der Waals surface area contributed by atoms with Crippen molar-refractivity contribution >= 4 is 23.4 Å². The summed E-state index contributed by atoms with van der Waals surface area (Å²) in [5.41, 5.74) is 5.50. The molecule has 0 saturated heterocycles. The summed E-state index contributed by atoms with van der Waals surface area (Å²) in [6.07, 6.45) is 1.63. The highest BCUT2D eigenvalue weighted by Gasteiger charge is 2.21. The van der Waals surface area contributed by atoms with E-state index in [0.29, 0.717) is 5.03 Å². The van der Waals surface area contributed by atoms with Crippen LogP contribution in [0, 0.1) is 0 Å². The molecule has 0 bridgehead atoms. The second-order valence-corrected chi connectivity index (χ2v) is 6.85. The normalized spacial score (nSPS) is 10.7. The Morgan fingerprint density at radius 1 is 1.11 bits per heavy atom. The summed E-state index contributed by atoms with van der Waals surface area (Å²) in [4.78, 5) is 41.8. The maximum Gasteiger partial charge on any atom is 0.332 e. The standard InChI is InChI=1S/C19H18N4O3S/c1-22-18(25)16(14(24)12-27-15-9-5-6-10-21-15)17(20)23(19(22)26)11-13-7-3-2-4-8-13/h2-10H,11-12,20H2,1H3. The van der Waals surface area contributed by atoms with Crippen molar-refractivity contribution in [2.24, 2.45) is 7.05 Å². The number of anilines is 1. The fourth-order valence-corrected chi connectivity index (χ4v) is 3.34. The first-order chi connectivity index (χ1) is 13.0. The van der Waals surface area contributed by atoms with E-state index in [0.717, 1.165) is 10.1 Å². The van der Waals surface area contributed by atoms with Crippen LogP contribution in [0.15, 0.2) is 69.3 Å². The molecule has 3 rings (SSSR count). The molecule has 0 amide bonds. The molecular formula is C19H18N4O3S. The van der Waals surface area contributed by atoms with Gasteiger partial charge in [0.05, 0.1) is 17.3 Å². The number of nitrogens with two attached hydrogens (primary N) is 1. The van der Waals surface area contributed by atoms with Crippen molar-refractivity contribution in [3.63, 3.8) is 0 Å². The Balaban J connectivity index is 1.96. The number of ketones is 1. The highest BCUT2D eigenvalue weighted by Crippen LogP contribution is 2.17. The number of hydrogen-bond acceptors (Lipinski definition) is 6. The summed E-state index contributed by atoms with van der Waals surface area (Å²) in [6.45, 7) is 0.174. The minimum atomic E-state index is -0.687. The van der Waals surface area contributed by atoms with Gasteiger partial charge in [0, 0.05) is 13.2 Å². The fraction of sp³-hybridized carbons (Fsp3) is 0.158. The van der Waals surface area contributed by atoms with Crippen molar-refractivity contribution in [1.82, 2.24) is 14.1 Å². The Morgan fingerprint density at radius 3 is 2.48 bits per heavy atom. The molecule has 0 spiro atoms. The van der Waals surface area contributed by atoms with Crippen LogP contribution in [0.3, 0.4) is 0 Å². The highest BCUT2D eigenvalue weighted by molar-refractivity contribution is 7.99. The molecule has 0 saturated carbocycles. The van der Waals surface area contributed by atoms with Gasteiger partial charge in [-0.2, -0.15) is 0 Å². The maximum atomic E-state index is 12.7. The van der Waals surface area contributed by atoms with E-state index < -0.39 is 17.0 Å². The lowest BCUT2D eigenvalue weighted by Gasteiger charge is -2.14. The third-order valence-corrected chi connectivity index (χ3v) is 4.98. The molecule has 7 nitrogen and oxygen atoms in total. The minimum Gasteiger partial charge on any atom is -0.384 e. The van der Waals surface area contributed by atoms with Crippen LogP contribution >= 0.6 is 11.8 Å². The molecule has 8 heteroatoms. The number of thioether (sulfide) groups is 1. The van der Waals surface area contributed by atoms with Crippen molar-refractivity contribution in [2.75, 3.05) is 11.5 Å². The molecule has 0 aliphatic rings. The van der Waals surface area contributed by atoms with Crippen LogP contribution in [0.4, 0.5) is 5.82 Å². The van der Waals surface area contributed by atoms with Crippen LogP contribution in [0.25, 0.3) is 0 Å². The summed E-state index contributed by atoms with van der Waals surface area (Å²) in [5, 5.41) is 0.666. The smallest absolute Gasteiger partial charge is 0.332 e. The highest BCUT2D eigenvalue weighted by atomic mass is 32.2. The molecule has 138 valence electrons. The summed E-state index contributed by atoms with van der Waals surface area (Å²) in [6, 6.07) is 14.6. The van der Waals surface area contributed by atoms with Crippen molar-refractivity contribution in [1.29, 1.82) is 0 Å². The van der Waals surface area contributed by atoms with Crippen LogP contribution in [-0.4, -0.2) is 25.7 Å². The second-order valence-electron chi connectivity index (χ2n) is 5.86. The van der Waals surface area contributed by atoms with Gasteiger partial charge < -0.3 is 5.73 Å². The van der Waals surface area contributed by atoms with E-state index >= 15 is 0 Å². The molecule has 1 aromatic carbocycles. The van der Waals surface area contributed by atoms with Crippen LogP contribution in [-0.2, 0) is 13.6 Å². The van der Waals surface area contributed by atoms with E-state index in [4.69, 9.17) is 5.73 Å². The molecule has 27 heavy (non-hydrogen) atoms. The Hall–Kier alpha value is -3.13. The van der Waals surface area contributed by atoms with E-state index in [1.807, 2.05) is 36.4 Å². The van der Waals surface area contributed by atoms with Gasteiger partial charge in [0.25, 0.3) is 5.56 Å². The number of benzene rings is 1. The predicted molar refractivity (Wildman–Crippen MR) is 105 cm³/mol. The number of carbonyl (C=O) groups is 1. The molecular weight excluding hydrogens is 364 g/mol. The summed E-state index contributed by atoms with van der Waals surface area (Å²) >= 11 is 1.21. The average molecular weight is 382 g/mol. The first-order valence-electron chi connectivity index (χ1n) is 8.19. The zero-order valence-electron chi connectivity index (χ0n) is 14.7. The van der Waals surface area contributed by atoms with Crippen LogP contribution < -0.4 is 17.0 Å². The fourth-order valence-electron chi connectivity index (χ4n) is 2.61. The number of Topliss-reactive ketones (excluding diaryl/α,β-unsaturated/α-hetero) is 1. The first-order valence-corrected chi connectivity index (χ1v) is 9.18. The Bertz CT molecular complexity index is 1080. The first kappa shape index (κ1) is 18.7. The molecule has 2 aromatic heterocycles. The molecule has 0 aliphatic carbocycles. The quantitative estimate of drug-likeness (QED) is 0.513. The van der Waals surface area contributed by atoms with E-state index in [2.05, 4.69) is 4.98 Å². The van der Waals surface area contributed by atoms with Gasteiger partial charge in [-0.15, -0.1) is 0 Å². The van der Waals surface area contributed by atoms with Gasteiger partial charge in [0.15, 0.2) is 5.78 Å². The predicted octanol–water partition coefficient (Wildman–Crippen LogP) is 1.55. The topological polar surface area (TPSA) is 100.0 Å². The average Bonchev–Trinajstić information content (AvgIpc) is 2.70. The van der Waals surface area contributed by atoms with Crippen LogP contribution in [0.1, 0.15) is 15.9 Å². The van der Waals surface area contributed by atoms with Gasteiger partial charge in [0.2, 0.25) is 0 Å². The van der Waals surface area contributed by atoms with Crippen molar-refractivity contribution in [2.45, 2.75) is 11.6 Å². The summed E-state index contributed by atoms with van der Waals surface area (Å²) in [7, 11) is 1.34. The second kappa shape index (κ2) is 8.05. The Kier molecular flexibility index (Phi) is 5.56. The van der Waals surface area contributed by atoms with Crippen molar-refractivity contribution in [3.05, 3.63) is 86.7 Å². The lowest BCUT2D eigenvalue weighted by molar-refractivity contribution is 0.102. The number of rotatable bonds is 6. The zero-order valence-corrected chi connectivity index (χ0v) is 15.5. The lowest BCUT2D eigenvalue weighted by Crippen LogP contribution is -2.43. The molecule has 0 radical (unpaired) electrons. The van der Waals surface area contributed by atoms with E-state index in [-0.39, 0.29) is 23.7 Å². The van der Waals surface area contributed by atoms with Crippen LogP contribution in [0.5, 0.6) is 0 Å². The number of pyridine rings is 1. The summed E-state index contributed by atoms with van der Waals surface area (Å²) in [5.74, 6) is -0.552. The van der Waals surface area contributed by atoms with Gasteiger partial charge >= 0.3 is 5.69 Å². The largest absolute Gasteiger partial charge is 0.384 e. The van der Waals surface area contributed by atoms with Gasteiger partial charge in [-0.3, -0.25) is 18.7 Å². The number of aromatic nitrogens is 3. The molecule has 0 aliphatic heterocycles. The molecule has 2 N–H and O–H groups in total. The number of carbonyl (C=O) groups excluding carboxylic acids is 1. The molecule has 0 atom stereocenters. The number of nitrogen functional groups attached to an aromatic ring is 1. The molecule has 3 aromatic rings.